The molecule has 0 aliphatic carbocycles. The minimum Gasteiger partial charge on any atom is -0.393 e. The average Bonchev–Trinajstić information content (AvgIpc) is 2.66. The molecule has 2 fully saturated rings. The summed E-state index contributed by atoms with van der Waals surface area (Å²) in [5.41, 5.74) is 0. The second-order valence-corrected chi connectivity index (χ2v) is 5.66. The molecule has 16 heavy (non-hydrogen) atoms. The Bertz CT molecular complexity index is 220. The molecule has 0 saturated carbocycles. The van der Waals surface area contributed by atoms with Crippen LogP contribution in [-0.4, -0.2) is 47.8 Å². The number of rotatable bonds is 3. The van der Waals surface area contributed by atoms with Crippen molar-refractivity contribution >= 4 is 0 Å². The van der Waals surface area contributed by atoms with Crippen LogP contribution >= 0.6 is 0 Å². The summed E-state index contributed by atoms with van der Waals surface area (Å²) in [6.45, 7) is 7.83. The van der Waals surface area contributed by atoms with Crippen molar-refractivity contribution in [3.63, 3.8) is 0 Å². The van der Waals surface area contributed by atoms with Gasteiger partial charge in [0, 0.05) is 12.1 Å². The lowest BCUT2D eigenvalue weighted by Crippen LogP contribution is -2.50. The number of hydrogen-bond donors (Lipinski definition) is 2. The van der Waals surface area contributed by atoms with Gasteiger partial charge in [-0.3, -0.25) is 4.90 Å². The van der Waals surface area contributed by atoms with Gasteiger partial charge in [-0.05, 0) is 58.2 Å². The standard InChI is InChI=1S/C13H26N2O/c1-10-9-14-6-5-13(10)15-7-3-4-12(15)8-11(2)16/h10-14,16H,3-9H2,1-2H3/t10?,11?,12-,13?/m0/s1. The molecule has 2 N–H and O–H groups in total. The van der Waals surface area contributed by atoms with E-state index >= 15 is 0 Å². The van der Waals surface area contributed by atoms with Crippen LogP contribution < -0.4 is 5.32 Å². The van der Waals surface area contributed by atoms with Gasteiger partial charge in [0.1, 0.15) is 0 Å². The van der Waals surface area contributed by atoms with Crippen molar-refractivity contribution in [2.24, 2.45) is 5.92 Å². The van der Waals surface area contributed by atoms with Crippen molar-refractivity contribution in [3.8, 4) is 0 Å². The zero-order valence-electron chi connectivity index (χ0n) is 10.7. The Balaban J connectivity index is 1.95. The molecule has 0 aromatic carbocycles. The maximum absolute atomic E-state index is 9.56. The van der Waals surface area contributed by atoms with Crippen molar-refractivity contribution < 1.29 is 5.11 Å². The number of nitrogens with one attached hydrogen (secondary N) is 1. The zero-order chi connectivity index (χ0) is 11.5. The topological polar surface area (TPSA) is 35.5 Å². The van der Waals surface area contributed by atoms with E-state index < -0.39 is 0 Å². The van der Waals surface area contributed by atoms with Crippen LogP contribution in [0.25, 0.3) is 0 Å². The van der Waals surface area contributed by atoms with Crippen LogP contribution in [-0.2, 0) is 0 Å². The molecule has 0 spiro atoms. The Morgan fingerprint density at radius 1 is 1.44 bits per heavy atom. The Kier molecular flexibility index (Phi) is 4.22. The first kappa shape index (κ1) is 12.3. The third-order valence-electron chi connectivity index (χ3n) is 4.20. The van der Waals surface area contributed by atoms with E-state index in [1.807, 2.05) is 6.92 Å². The maximum Gasteiger partial charge on any atom is 0.0527 e. The van der Waals surface area contributed by atoms with Gasteiger partial charge in [0.15, 0.2) is 0 Å². The summed E-state index contributed by atoms with van der Waals surface area (Å²) in [5.74, 6) is 0.753. The number of hydrogen-bond acceptors (Lipinski definition) is 3. The Morgan fingerprint density at radius 3 is 2.94 bits per heavy atom. The van der Waals surface area contributed by atoms with Gasteiger partial charge in [-0.15, -0.1) is 0 Å². The number of aliphatic hydroxyl groups is 1. The Morgan fingerprint density at radius 2 is 2.25 bits per heavy atom. The predicted molar refractivity (Wildman–Crippen MR) is 66.5 cm³/mol. The van der Waals surface area contributed by atoms with Crippen molar-refractivity contribution in [2.75, 3.05) is 19.6 Å². The molecule has 0 radical (unpaired) electrons. The molecule has 0 bridgehead atoms. The first-order valence-corrected chi connectivity index (χ1v) is 6.83. The second-order valence-electron chi connectivity index (χ2n) is 5.66. The highest BCUT2D eigenvalue weighted by Gasteiger charge is 2.34. The van der Waals surface area contributed by atoms with Crippen LogP contribution in [0.4, 0.5) is 0 Å². The maximum atomic E-state index is 9.56. The van der Waals surface area contributed by atoms with Crippen molar-refractivity contribution in [1.29, 1.82) is 0 Å². The third kappa shape index (κ3) is 2.76. The normalized spacial score (nSPS) is 38.8. The van der Waals surface area contributed by atoms with Crippen LogP contribution in [0.15, 0.2) is 0 Å². The van der Waals surface area contributed by atoms with Crippen LogP contribution in [0.5, 0.6) is 0 Å². The van der Waals surface area contributed by atoms with Gasteiger partial charge in [0.2, 0.25) is 0 Å². The molecule has 3 unspecified atom stereocenters. The molecule has 0 amide bonds. The third-order valence-corrected chi connectivity index (χ3v) is 4.20. The van der Waals surface area contributed by atoms with Gasteiger partial charge in [-0.2, -0.15) is 0 Å². The van der Waals surface area contributed by atoms with Gasteiger partial charge in [-0.1, -0.05) is 6.92 Å². The lowest BCUT2D eigenvalue weighted by atomic mass is 9.92. The lowest BCUT2D eigenvalue weighted by Gasteiger charge is -2.40. The van der Waals surface area contributed by atoms with Crippen molar-refractivity contribution in [2.45, 2.75) is 57.7 Å². The summed E-state index contributed by atoms with van der Waals surface area (Å²) in [4.78, 5) is 2.68. The van der Waals surface area contributed by atoms with Crippen LogP contribution in [0.2, 0.25) is 0 Å². The Labute approximate surface area is 99.2 Å². The highest BCUT2D eigenvalue weighted by atomic mass is 16.3. The van der Waals surface area contributed by atoms with Crippen LogP contribution in [0, 0.1) is 5.92 Å². The van der Waals surface area contributed by atoms with E-state index in [0.29, 0.717) is 6.04 Å². The number of piperidine rings is 1. The van der Waals surface area contributed by atoms with Gasteiger partial charge >= 0.3 is 0 Å². The fourth-order valence-corrected chi connectivity index (χ4v) is 3.43. The molecule has 2 rings (SSSR count). The van der Waals surface area contributed by atoms with Gasteiger partial charge < -0.3 is 10.4 Å². The van der Waals surface area contributed by atoms with E-state index in [4.69, 9.17) is 0 Å². The molecular formula is C13H26N2O. The molecule has 2 aliphatic heterocycles. The highest BCUT2D eigenvalue weighted by molar-refractivity contribution is 4.90. The highest BCUT2D eigenvalue weighted by Crippen LogP contribution is 2.29. The summed E-state index contributed by atoms with van der Waals surface area (Å²) in [6, 6.07) is 1.37. The van der Waals surface area contributed by atoms with Gasteiger partial charge in [-0.25, -0.2) is 0 Å². The monoisotopic (exact) mass is 226 g/mol. The molecule has 3 nitrogen and oxygen atoms in total. The molecule has 2 aliphatic rings. The lowest BCUT2D eigenvalue weighted by molar-refractivity contribution is 0.0744. The predicted octanol–water partition coefficient (Wildman–Crippen LogP) is 1.22. The van der Waals surface area contributed by atoms with Gasteiger partial charge in [0.25, 0.3) is 0 Å². The number of nitrogens with zero attached hydrogens (tertiary/aromatic N) is 1. The summed E-state index contributed by atoms with van der Waals surface area (Å²) < 4.78 is 0. The summed E-state index contributed by atoms with van der Waals surface area (Å²) in [5, 5.41) is 13.0. The van der Waals surface area contributed by atoms with E-state index in [2.05, 4.69) is 17.1 Å². The molecule has 2 heterocycles. The molecule has 4 atom stereocenters. The quantitative estimate of drug-likeness (QED) is 0.759. The largest absolute Gasteiger partial charge is 0.393 e. The molecule has 0 aromatic heterocycles. The molecule has 0 aromatic rings. The minimum absolute atomic E-state index is 0.150. The number of aliphatic hydroxyl groups excluding tert-OH is 1. The van der Waals surface area contributed by atoms with E-state index in [1.54, 1.807) is 0 Å². The molecular weight excluding hydrogens is 200 g/mol. The van der Waals surface area contributed by atoms with E-state index in [-0.39, 0.29) is 6.10 Å². The first-order chi connectivity index (χ1) is 7.68. The molecule has 2 saturated heterocycles. The minimum atomic E-state index is -0.150. The van der Waals surface area contributed by atoms with Crippen molar-refractivity contribution in [3.05, 3.63) is 0 Å². The first-order valence-electron chi connectivity index (χ1n) is 6.83. The SMILES string of the molecule is CC(O)C[C@@H]1CCCN1C1CCNCC1C. The average molecular weight is 226 g/mol. The second kappa shape index (κ2) is 5.48. The zero-order valence-corrected chi connectivity index (χ0v) is 10.7. The van der Waals surface area contributed by atoms with E-state index in [0.717, 1.165) is 31.5 Å². The summed E-state index contributed by atoms with van der Waals surface area (Å²) in [6.07, 6.45) is 4.67. The fourth-order valence-electron chi connectivity index (χ4n) is 3.43. The van der Waals surface area contributed by atoms with Crippen LogP contribution in [0.1, 0.15) is 39.5 Å². The van der Waals surface area contributed by atoms with Crippen molar-refractivity contribution in [1.82, 2.24) is 10.2 Å². The van der Waals surface area contributed by atoms with E-state index in [9.17, 15) is 5.11 Å². The fraction of sp³-hybridized carbons (Fsp3) is 1.00. The van der Waals surface area contributed by atoms with Crippen LogP contribution in [0.3, 0.4) is 0 Å². The number of likely N-dealkylation sites (tertiary alicyclic amines) is 1. The summed E-state index contributed by atoms with van der Waals surface area (Å²) >= 11 is 0. The Hall–Kier alpha value is -0.120. The molecule has 3 heteroatoms. The molecule has 94 valence electrons. The van der Waals surface area contributed by atoms with Gasteiger partial charge in [0.05, 0.1) is 6.10 Å². The van der Waals surface area contributed by atoms with E-state index in [1.165, 1.54) is 25.8 Å². The summed E-state index contributed by atoms with van der Waals surface area (Å²) in [7, 11) is 0. The smallest absolute Gasteiger partial charge is 0.0527 e.